The maximum absolute atomic E-state index is 7.06. The van der Waals surface area contributed by atoms with E-state index in [-0.39, 0.29) is 21.7 Å². The highest BCUT2D eigenvalue weighted by Crippen LogP contribution is 2.53. The van der Waals surface area contributed by atoms with Gasteiger partial charge in [0.15, 0.2) is 12.9 Å². The molecule has 8 aromatic carbocycles. The second-order valence-corrected chi connectivity index (χ2v) is 24.6. The van der Waals surface area contributed by atoms with Crippen molar-refractivity contribution in [2.45, 2.75) is 110 Å². The van der Waals surface area contributed by atoms with E-state index in [1.54, 1.807) is 0 Å². The number of aryl methyl sites for hydroxylation is 1. The maximum atomic E-state index is 7.06. The number of nitrogens with zero attached hydrogens (tertiary/aromatic N) is 1. The molecule has 0 saturated heterocycles. The minimum absolute atomic E-state index is 0.0452. The minimum atomic E-state index is 0.0452. The van der Waals surface area contributed by atoms with Crippen molar-refractivity contribution in [1.29, 1.82) is 0 Å². The lowest BCUT2D eigenvalue weighted by atomic mass is 9.57. The van der Waals surface area contributed by atoms with Gasteiger partial charge < -0.3 is 14.6 Å². The van der Waals surface area contributed by atoms with Gasteiger partial charge in [0.25, 0.3) is 0 Å². The number of furan rings is 1. The molecule has 10 aromatic rings. The van der Waals surface area contributed by atoms with Crippen LogP contribution in [0.4, 0.5) is 28.4 Å². The Bertz CT molecular complexity index is 3810. The van der Waals surface area contributed by atoms with Gasteiger partial charge in [-0.1, -0.05) is 158 Å². The van der Waals surface area contributed by atoms with Gasteiger partial charge in [-0.3, -0.25) is 0 Å². The van der Waals surface area contributed by atoms with Crippen LogP contribution < -0.4 is 21.1 Å². The van der Waals surface area contributed by atoms with E-state index in [1.165, 1.54) is 106 Å². The van der Waals surface area contributed by atoms with Gasteiger partial charge in [0, 0.05) is 59.3 Å². The Morgan fingerprint density at radius 2 is 1.19 bits per heavy atom. The van der Waals surface area contributed by atoms with Crippen molar-refractivity contribution in [3.63, 3.8) is 0 Å². The molecule has 3 nitrogen and oxygen atoms in total. The van der Waals surface area contributed by atoms with Crippen LogP contribution in [0.1, 0.15) is 109 Å². The van der Waals surface area contributed by atoms with Crippen LogP contribution in [0.5, 0.6) is 0 Å². The van der Waals surface area contributed by atoms with Crippen LogP contribution in [0.15, 0.2) is 150 Å². The lowest BCUT2D eigenvalue weighted by molar-refractivity contribution is 0.332. The average molecular weight is 929 g/mol. The predicted octanol–water partition coefficient (Wildman–Crippen LogP) is 17.2. The second kappa shape index (κ2) is 15.2. The summed E-state index contributed by atoms with van der Waals surface area (Å²) < 4.78 is 9.66. The highest BCUT2D eigenvalue weighted by atomic mass is 32.1. The van der Waals surface area contributed by atoms with Gasteiger partial charge in [-0.25, -0.2) is 0 Å². The van der Waals surface area contributed by atoms with E-state index < -0.39 is 0 Å². The van der Waals surface area contributed by atoms with E-state index in [4.69, 9.17) is 4.42 Å². The number of nitrogens with one attached hydrogen (secondary N) is 1. The monoisotopic (exact) mass is 928 g/mol. The number of rotatable bonds is 5. The highest BCUT2D eigenvalue weighted by molar-refractivity contribution is 7.26. The molecule has 0 amide bonds. The lowest BCUT2D eigenvalue weighted by Gasteiger charge is -2.44. The van der Waals surface area contributed by atoms with Crippen LogP contribution in [0.2, 0.25) is 0 Å². The van der Waals surface area contributed by atoms with Crippen LogP contribution >= 0.6 is 11.3 Å². The average Bonchev–Trinajstić information content (AvgIpc) is 3.92. The molecule has 0 atom stereocenters. The molecule has 1 aliphatic heterocycles. The number of benzene rings is 8. The van der Waals surface area contributed by atoms with Crippen molar-refractivity contribution in [2.24, 2.45) is 0 Å². The highest BCUT2D eigenvalue weighted by Gasteiger charge is 2.40. The Morgan fingerprint density at radius 3 is 1.94 bits per heavy atom. The molecule has 0 spiro atoms. The molecular weight excluding hydrogens is 868 g/mol. The zero-order chi connectivity index (χ0) is 48.1. The van der Waals surface area contributed by atoms with Gasteiger partial charge in [0.2, 0.25) is 0 Å². The van der Waals surface area contributed by atoms with Gasteiger partial charge >= 0.3 is 0 Å². The molecule has 346 valence electrons. The topological polar surface area (TPSA) is 28.4 Å². The predicted molar refractivity (Wildman–Crippen MR) is 304 cm³/mol. The molecule has 2 aliphatic carbocycles. The molecule has 1 N–H and O–H groups in total. The molecule has 0 saturated carbocycles. The van der Waals surface area contributed by atoms with Crippen LogP contribution in [-0.4, -0.2) is 7.28 Å². The molecule has 0 radical (unpaired) electrons. The van der Waals surface area contributed by atoms with Gasteiger partial charge in [-0.2, -0.15) is 0 Å². The molecule has 70 heavy (non-hydrogen) atoms. The van der Waals surface area contributed by atoms with E-state index in [1.807, 2.05) is 11.3 Å². The van der Waals surface area contributed by atoms with Crippen LogP contribution in [0.25, 0.3) is 64.4 Å². The largest absolute Gasteiger partial charge is 0.454 e. The number of fused-ring (bicyclic) bond motifs is 10. The third kappa shape index (κ3) is 6.60. The van der Waals surface area contributed by atoms with Gasteiger partial charge in [0.05, 0.1) is 5.69 Å². The van der Waals surface area contributed by atoms with E-state index >= 15 is 0 Å². The normalized spacial score (nSPS) is 17.2. The van der Waals surface area contributed by atoms with Crippen LogP contribution in [0.3, 0.4) is 0 Å². The number of anilines is 5. The van der Waals surface area contributed by atoms with Crippen molar-refractivity contribution >= 4 is 100 Å². The summed E-state index contributed by atoms with van der Waals surface area (Å²) >= 11 is 1.92. The van der Waals surface area contributed by atoms with Gasteiger partial charge in [0.1, 0.15) is 5.58 Å². The molecule has 3 aliphatic rings. The summed E-state index contributed by atoms with van der Waals surface area (Å²) in [6, 6.07) is 55.2. The van der Waals surface area contributed by atoms with Crippen molar-refractivity contribution in [3.05, 3.63) is 173 Å². The third-order valence-corrected chi connectivity index (χ3v) is 18.3. The first-order chi connectivity index (χ1) is 33.6. The lowest BCUT2D eigenvalue weighted by Crippen LogP contribution is -2.41. The summed E-state index contributed by atoms with van der Waals surface area (Å²) in [6.45, 7) is 21.8. The first-order valence-corrected chi connectivity index (χ1v) is 26.4. The Balaban J connectivity index is 1.12. The van der Waals surface area contributed by atoms with E-state index in [0.29, 0.717) is 0 Å². The standard InChI is InChI=1S/C65H61BN2OS/c1-38-33-48-50(65(8,9)32-31-63(48,4)5)37-52(38)68-53-34-40(39-17-11-10-12-18-39)23-28-51(53)66-58-54(68)36-46-43-20-14-16-22-56(43)70-61(46)57(58)45-26-25-44-42-19-13-15-21-55(42)69-60(44)59(45)67-41-24-27-47-49(35-41)64(6,7)30-29-62(47,2)3/h10-28,33-37,66-67H,29-32H2,1-9H3. The molecule has 0 fully saturated rings. The second-order valence-electron chi connectivity index (χ2n) is 23.5. The third-order valence-electron chi connectivity index (χ3n) is 17.1. The van der Waals surface area contributed by atoms with E-state index in [9.17, 15) is 0 Å². The fourth-order valence-electron chi connectivity index (χ4n) is 12.7. The molecule has 5 heteroatoms. The minimum Gasteiger partial charge on any atom is -0.454 e. The number of hydrogen-bond acceptors (Lipinski definition) is 4. The summed E-state index contributed by atoms with van der Waals surface area (Å²) in [5.74, 6) is 0. The van der Waals surface area contributed by atoms with E-state index in [2.05, 4.69) is 218 Å². The SMILES string of the molecule is Cc1cc2c(cc1N1c3cc(-c4ccccc4)ccc3Bc3c1cc1c(sc4ccccc41)c3-c1ccc3c(oc4ccccc43)c1Nc1ccc3c(c1)C(C)(C)CCC3(C)C)C(C)(C)CCC2(C)C. The first kappa shape index (κ1) is 43.5. The molecule has 3 heterocycles. The molecule has 2 aromatic heterocycles. The number of hydrogen-bond donors (Lipinski definition) is 1. The quantitative estimate of drug-likeness (QED) is 0.174. The molecule has 13 rings (SSSR count). The van der Waals surface area contributed by atoms with Crippen molar-refractivity contribution in [2.75, 3.05) is 10.2 Å². The Labute approximate surface area is 417 Å². The number of para-hydroxylation sites is 1. The van der Waals surface area contributed by atoms with Gasteiger partial charge in [-0.15, -0.1) is 11.3 Å². The van der Waals surface area contributed by atoms with Crippen molar-refractivity contribution < 1.29 is 4.42 Å². The Hall–Kier alpha value is -6.56. The van der Waals surface area contributed by atoms with Crippen molar-refractivity contribution in [3.8, 4) is 22.3 Å². The molecule has 0 unspecified atom stereocenters. The fraction of sp³-hybridized carbons (Fsp3) is 0.262. The van der Waals surface area contributed by atoms with E-state index in [0.717, 1.165) is 59.0 Å². The zero-order valence-electron chi connectivity index (χ0n) is 42.2. The smallest absolute Gasteiger partial charge is 0.198 e. The molecular formula is C65H61BN2OS. The summed E-state index contributed by atoms with van der Waals surface area (Å²) in [6.07, 6.45) is 4.68. The number of thiophene rings is 1. The first-order valence-electron chi connectivity index (χ1n) is 25.5. The van der Waals surface area contributed by atoms with Gasteiger partial charge in [-0.05, 0) is 153 Å². The summed E-state index contributed by atoms with van der Waals surface area (Å²) in [4.78, 5) is 2.66. The Kier molecular flexibility index (Phi) is 9.45. The maximum Gasteiger partial charge on any atom is 0.198 e. The van der Waals surface area contributed by atoms with Crippen molar-refractivity contribution in [1.82, 2.24) is 0 Å². The van der Waals surface area contributed by atoms with Crippen LogP contribution in [-0.2, 0) is 21.7 Å². The summed E-state index contributed by atoms with van der Waals surface area (Å²) in [5, 5.41) is 8.97. The zero-order valence-corrected chi connectivity index (χ0v) is 43.0. The summed E-state index contributed by atoms with van der Waals surface area (Å²) in [7, 11) is 0.790. The molecule has 0 bridgehead atoms. The fourth-order valence-corrected chi connectivity index (χ4v) is 14.0. The summed E-state index contributed by atoms with van der Waals surface area (Å²) in [5.41, 5.74) is 22.7. The Morgan fingerprint density at radius 1 is 0.529 bits per heavy atom. The van der Waals surface area contributed by atoms with Crippen LogP contribution in [0, 0.1) is 6.92 Å².